The molecule has 1 N–H and O–H groups in total. The summed E-state index contributed by atoms with van der Waals surface area (Å²) in [6.07, 6.45) is 2.66. The average Bonchev–Trinajstić information content (AvgIpc) is 2.45. The fourth-order valence-corrected chi connectivity index (χ4v) is 1.78. The van der Waals surface area contributed by atoms with E-state index in [9.17, 15) is 4.79 Å². The van der Waals surface area contributed by atoms with E-state index in [-0.39, 0.29) is 0 Å². The highest BCUT2D eigenvalue weighted by Crippen LogP contribution is 2.16. The van der Waals surface area contributed by atoms with Gasteiger partial charge in [-0.3, -0.25) is 0 Å². The Balaban J connectivity index is 1.97. The van der Waals surface area contributed by atoms with Crippen LogP contribution in [0.5, 0.6) is 5.75 Å². The third-order valence-corrected chi connectivity index (χ3v) is 2.95. The lowest BCUT2D eigenvalue weighted by molar-refractivity contribution is -0.131. The van der Waals surface area contributed by atoms with E-state index in [1.54, 1.807) is 6.08 Å². The van der Waals surface area contributed by atoms with Crippen LogP contribution in [0, 0.1) is 6.92 Å². The SMILES string of the molecule is Cc1ccccc1COc1ccc(/C=C/C(=O)O)cc1. The molecule has 0 aliphatic rings. The van der Waals surface area contributed by atoms with Crippen molar-refractivity contribution in [2.45, 2.75) is 13.5 Å². The first-order valence-corrected chi connectivity index (χ1v) is 6.33. The van der Waals surface area contributed by atoms with Gasteiger partial charge in [0.25, 0.3) is 0 Å². The van der Waals surface area contributed by atoms with Crippen molar-refractivity contribution in [1.82, 2.24) is 0 Å². The molecule has 102 valence electrons. The highest BCUT2D eigenvalue weighted by atomic mass is 16.5. The van der Waals surface area contributed by atoms with Crippen molar-refractivity contribution in [3.05, 3.63) is 71.3 Å². The van der Waals surface area contributed by atoms with Crippen molar-refractivity contribution < 1.29 is 14.6 Å². The Kier molecular flexibility index (Phi) is 4.56. The van der Waals surface area contributed by atoms with Gasteiger partial charge in [-0.2, -0.15) is 0 Å². The molecule has 3 nitrogen and oxygen atoms in total. The number of ether oxygens (including phenoxy) is 1. The molecule has 0 saturated carbocycles. The van der Waals surface area contributed by atoms with E-state index >= 15 is 0 Å². The number of aryl methyl sites for hydroxylation is 1. The van der Waals surface area contributed by atoms with Gasteiger partial charge in [-0.1, -0.05) is 36.4 Å². The highest BCUT2D eigenvalue weighted by molar-refractivity contribution is 5.85. The molecule has 0 aliphatic carbocycles. The van der Waals surface area contributed by atoms with Gasteiger partial charge in [0.2, 0.25) is 0 Å². The lowest BCUT2D eigenvalue weighted by atomic mass is 10.1. The molecule has 0 saturated heterocycles. The van der Waals surface area contributed by atoms with Gasteiger partial charge in [-0.05, 0) is 41.8 Å². The molecule has 0 fully saturated rings. The second-order valence-electron chi connectivity index (χ2n) is 4.46. The zero-order valence-electron chi connectivity index (χ0n) is 11.2. The Hall–Kier alpha value is -2.55. The Morgan fingerprint density at radius 3 is 2.50 bits per heavy atom. The van der Waals surface area contributed by atoms with Crippen molar-refractivity contribution in [3.8, 4) is 5.75 Å². The molecule has 0 radical (unpaired) electrons. The minimum atomic E-state index is -0.954. The molecule has 2 aromatic carbocycles. The largest absolute Gasteiger partial charge is 0.489 e. The summed E-state index contributed by atoms with van der Waals surface area (Å²) in [6, 6.07) is 15.4. The van der Waals surface area contributed by atoms with Crippen LogP contribution in [0.3, 0.4) is 0 Å². The highest BCUT2D eigenvalue weighted by Gasteiger charge is 1.99. The van der Waals surface area contributed by atoms with Gasteiger partial charge in [-0.25, -0.2) is 4.79 Å². The minimum Gasteiger partial charge on any atom is -0.489 e. The molecule has 0 spiro atoms. The van der Waals surface area contributed by atoms with Crippen LogP contribution in [-0.4, -0.2) is 11.1 Å². The molecule has 0 aromatic heterocycles. The molecule has 0 atom stereocenters. The lowest BCUT2D eigenvalue weighted by Crippen LogP contribution is -1.97. The van der Waals surface area contributed by atoms with Crippen molar-refractivity contribution in [2.24, 2.45) is 0 Å². The number of benzene rings is 2. The minimum absolute atomic E-state index is 0.525. The second-order valence-corrected chi connectivity index (χ2v) is 4.46. The predicted octanol–water partition coefficient (Wildman–Crippen LogP) is 3.67. The molecular weight excluding hydrogens is 252 g/mol. The summed E-state index contributed by atoms with van der Waals surface area (Å²) in [5.41, 5.74) is 3.19. The van der Waals surface area contributed by atoms with Crippen LogP contribution in [0.4, 0.5) is 0 Å². The van der Waals surface area contributed by atoms with E-state index in [0.29, 0.717) is 6.61 Å². The van der Waals surface area contributed by atoms with Crippen molar-refractivity contribution >= 4 is 12.0 Å². The van der Waals surface area contributed by atoms with E-state index in [1.807, 2.05) is 42.5 Å². The molecule has 2 aromatic rings. The number of aliphatic carboxylic acids is 1. The van der Waals surface area contributed by atoms with Gasteiger partial charge in [0.1, 0.15) is 12.4 Å². The maximum Gasteiger partial charge on any atom is 0.328 e. The number of hydrogen-bond acceptors (Lipinski definition) is 2. The third kappa shape index (κ3) is 3.99. The number of carbonyl (C=O) groups is 1. The monoisotopic (exact) mass is 268 g/mol. The lowest BCUT2D eigenvalue weighted by Gasteiger charge is -2.08. The standard InChI is InChI=1S/C17H16O3/c1-13-4-2-3-5-15(13)12-20-16-9-6-14(7-10-16)8-11-17(18)19/h2-11H,12H2,1H3,(H,18,19)/b11-8+. The number of carboxylic acids is 1. The maximum absolute atomic E-state index is 10.4. The van der Waals surface area contributed by atoms with Crippen molar-refractivity contribution in [3.63, 3.8) is 0 Å². The Bertz CT molecular complexity index is 612. The molecule has 0 amide bonds. The van der Waals surface area contributed by atoms with Gasteiger partial charge in [-0.15, -0.1) is 0 Å². The zero-order chi connectivity index (χ0) is 14.4. The second kappa shape index (κ2) is 6.57. The Morgan fingerprint density at radius 1 is 1.15 bits per heavy atom. The summed E-state index contributed by atoms with van der Waals surface area (Å²) < 4.78 is 5.71. The Morgan fingerprint density at radius 2 is 1.85 bits per heavy atom. The fraction of sp³-hybridized carbons (Fsp3) is 0.118. The average molecular weight is 268 g/mol. The first-order valence-electron chi connectivity index (χ1n) is 6.33. The van der Waals surface area contributed by atoms with Crippen LogP contribution in [0.2, 0.25) is 0 Å². The molecule has 2 rings (SSSR count). The molecule has 0 unspecified atom stereocenters. The van der Waals surface area contributed by atoms with Crippen LogP contribution in [0.25, 0.3) is 6.08 Å². The molecule has 0 bridgehead atoms. The van der Waals surface area contributed by atoms with Crippen molar-refractivity contribution in [2.75, 3.05) is 0 Å². The number of rotatable bonds is 5. The van der Waals surface area contributed by atoms with Crippen LogP contribution >= 0.6 is 0 Å². The topological polar surface area (TPSA) is 46.5 Å². The molecule has 3 heteroatoms. The van der Waals surface area contributed by atoms with E-state index in [2.05, 4.69) is 13.0 Å². The van der Waals surface area contributed by atoms with E-state index in [4.69, 9.17) is 9.84 Å². The number of hydrogen-bond donors (Lipinski definition) is 1. The summed E-state index contributed by atoms with van der Waals surface area (Å²) in [4.78, 5) is 10.4. The zero-order valence-corrected chi connectivity index (χ0v) is 11.2. The summed E-state index contributed by atoms with van der Waals surface area (Å²) >= 11 is 0. The Labute approximate surface area is 118 Å². The summed E-state index contributed by atoms with van der Waals surface area (Å²) in [5, 5.41) is 8.55. The summed E-state index contributed by atoms with van der Waals surface area (Å²) in [6.45, 7) is 2.58. The van der Waals surface area contributed by atoms with Crippen LogP contribution < -0.4 is 4.74 Å². The smallest absolute Gasteiger partial charge is 0.328 e. The first-order chi connectivity index (χ1) is 9.65. The van der Waals surface area contributed by atoms with Gasteiger partial charge in [0.05, 0.1) is 0 Å². The van der Waals surface area contributed by atoms with Crippen LogP contribution in [0.15, 0.2) is 54.6 Å². The molecule has 0 heterocycles. The molecular formula is C17H16O3. The van der Waals surface area contributed by atoms with Crippen molar-refractivity contribution in [1.29, 1.82) is 0 Å². The normalized spacial score (nSPS) is 10.7. The van der Waals surface area contributed by atoms with E-state index in [0.717, 1.165) is 23.0 Å². The molecule has 20 heavy (non-hydrogen) atoms. The molecule has 0 aliphatic heterocycles. The van der Waals surface area contributed by atoms with Crippen LogP contribution in [-0.2, 0) is 11.4 Å². The quantitative estimate of drug-likeness (QED) is 0.841. The summed E-state index contributed by atoms with van der Waals surface area (Å²) in [5.74, 6) is -0.189. The maximum atomic E-state index is 10.4. The van der Waals surface area contributed by atoms with Gasteiger partial charge < -0.3 is 9.84 Å². The van der Waals surface area contributed by atoms with E-state index < -0.39 is 5.97 Å². The number of carboxylic acid groups (broad SMARTS) is 1. The van der Waals surface area contributed by atoms with Gasteiger partial charge in [0, 0.05) is 6.08 Å². The van der Waals surface area contributed by atoms with Gasteiger partial charge in [0.15, 0.2) is 0 Å². The fourth-order valence-electron chi connectivity index (χ4n) is 1.78. The van der Waals surface area contributed by atoms with E-state index in [1.165, 1.54) is 5.56 Å². The summed E-state index contributed by atoms with van der Waals surface area (Å²) in [7, 11) is 0. The van der Waals surface area contributed by atoms with Crippen LogP contribution in [0.1, 0.15) is 16.7 Å². The predicted molar refractivity (Wildman–Crippen MR) is 78.6 cm³/mol. The van der Waals surface area contributed by atoms with Gasteiger partial charge >= 0.3 is 5.97 Å². The first kappa shape index (κ1) is 13.9. The third-order valence-electron chi connectivity index (χ3n) is 2.95.